The van der Waals surface area contributed by atoms with E-state index in [9.17, 15) is 21.6 Å². The summed E-state index contributed by atoms with van der Waals surface area (Å²) >= 11 is 0. The standard InChI is InChI=1S/C19H20N2O5S2/c1-14-6-7-17(21-19(22)9-11-27(21,23)24)12-18(14)28(25,26)20-10-8-15-4-2-3-5-16(15)13-20/h2-7,12H,8-11,13H2,1H3. The van der Waals surface area contributed by atoms with Gasteiger partial charge in [-0.25, -0.2) is 21.1 Å². The number of anilines is 1. The maximum atomic E-state index is 13.3. The number of aryl methyl sites for hydroxylation is 1. The van der Waals surface area contributed by atoms with Gasteiger partial charge in [0.05, 0.1) is 16.3 Å². The number of sulfonamides is 2. The van der Waals surface area contributed by atoms with E-state index in [1.54, 1.807) is 13.0 Å². The summed E-state index contributed by atoms with van der Waals surface area (Å²) < 4.78 is 53.1. The van der Waals surface area contributed by atoms with E-state index in [2.05, 4.69) is 0 Å². The summed E-state index contributed by atoms with van der Waals surface area (Å²) in [5, 5.41) is 0. The largest absolute Gasteiger partial charge is 0.273 e. The summed E-state index contributed by atoms with van der Waals surface area (Å²) in [6.45, 7) is 2.28. The Hall–Kier alpha value is -2.23. The molecule has 1 amide bonds. The summed E-state index contributed by atoms with van der Waals surface area (Å²) in [7, 11) is -7.60. The fourth-order valence-corrected chi connectivity index (χ4v) is 6.79. The van der Waals surface area contributed by atoms with Gasteiger partial charge in [0.15, 0.2) is 0 Å². The topological polar surface area (TPSA) is 91.8 Å². The van der Waals surface area contributed by atoms with Crippen LogP contribution in [0.25, 0.3) is 0 Å². The lowest BCUT2D eigenvalue weighted by Crippen LogP contribution is -2.36. The van der Waals surface area contributed by atoms with Crippen LogP contribution in [0.15, 0.2) is 47.4 Å². The van der Waals surface area contributed by atoms with E-state index in [4.69, 9.17) is 0 Å². The molecule has 1 saturated heterocycles. The van der Waals surface area contributed by atoms with Crippen LogP contribution in [0.5, 0.6) is 0 Å². The highest BCUT2D eigenvalue weighted by molar-refractivity contribution is 7.94. The second-order valence-electron chi connectivity index (χ2n) is 7.03. The van der Waals surface area contributed by atoms with Crippen LogP contribution in [-0.2, 0) is 37.8 Å². The van der Waals surface area contributed by atoms with Gasteiger partial charge in [0, 0.05) is 19.5 Å². The SMILES string of the molecule is Cc1ccc(N2C(=O)CCS2(=O)=O)cc1S(=O)(=O)N1CCc2ccccc2C1. The molecule has 0 saturated carbocycles. The lowest BCUT2D eigenvalue weighted by Gasteiger charge is -2.29. The summed E-state index contributed by atoms with van der Waals surface area (Å²) in [6, 6.07) is 12.0. The zero-order chi connectivity index (χ0) is 20.1. The van der Waals surface area contributed by atoms with Crippen molar-refractivity contribution in [3.05, 3.63) is 59.2 Å². The third kappa shape index (κ3) is 3.13. The second kappa shape index (κ2) is 6.68. The van der Waals surface area contributed by atoms with E-state index in [0.717, 1.165) is 15.4 Å². The van der Waals surface area contributed by atoms with Gasteiger partial charge in [-0.3, -0.25) is 4.79 Å². The maximum absolute atomic E-state index is 13.3. The Labute approximate surface area is 164 Å². The average molecular weight is 421 g/mol. The molecule has 2 aliphatic heterocycles. The first-order valence-corrected chi connectivity index (χ1v) is 12.0. The Balaban J connectivity index is 1.74. The quantitative estimate of drug-likeness (QED) is 0.755. The van der Waals surface area contributed by atoms with Crippen molar-refractivity contribution in [1.82, 2.24) is 4.31 Å². The van der Waals surface area contributed by atoms with Crippen LogP contribution in [-0.4, -0.2) is 39.3 Å². The molecule has 9 heteroatoms. The maximum Gasteiger partial charge on any atom is 0.243 e. The molecule has 0 radical (unpaired) electrons. The molecular weight excluding hydrogens is 400 g/mol. The number of fused-ring (bicyclic) bond motifs is 1. The van der Waals surface area contributed by atoms with Gasteiger partial charge >= 0.3 is 0 Å². The smallest absolute Gasteiger partial charge is 0.243 e. The minimum Gasteiger partial charge on any atom is -0.273 e. The van der Waals surface area contributed by atoms with Crippen LogP contribution in [0.1, 0.15) is 23.1 Å². The molecule has 0 aliphatic carbocycles. The molecule has 0 spiro atoms. The van der Waals surface area contributed by atoms with Crippen LogP contribution >= 0.6 is 0 Å². The highest BCUT2D eigenvalue weighted by Crippen LogP contribution is 2.32. The molecule has 7 nitrogen and oxygen atoms in total. The average Bonchev–Trinajstić information content (AvgIpc) is 2.94. The van der Waals surface area contributed by atoms with Crippen molar-refractivity contribution in [2.45, 2.75) is 31.2 Å². The van der Waals surface area contributed by atoms with E-state index in [1.165, 1.54) is 16.4 Å². The molecule has 0 atom stereocenters. The molecule has 2 aliphatic rings. The third-order valence-electron chi connectivity index (χ3n) is 5.20. The van der Waals surface area contributed by atoms with E-state index in [0.29, 0.717) is 18.5 Å². The number of hydrogen-bond acceptors (Lipinski definition) is 5. The first kappa shape index (κ1) is 19.1. The number of amides is 1. The van der Waals surface area contributed by atoms with E-state index < -0.39 is 26.0 Å². The molecule has 2 heterocycles. The number of carbonyl (C=O) groups excluding carboxylic acids is 1. The normalized spacial score (nSPS) is 19.6. The summed E-state index contributed by atoms with van der Waals surface area (Å²) in [5.41, 5.74) is 2.67. The highest BCUT2D eigenvalue weighted by atomic mass is 32.2. The molecule has 4 rings (SSSR count). The van der Waals surface area contributed by atoms with Gasteiger partial charge in [0.1, 0.15) is 0 Å². The molecule has 2 aromatic carbocycles. The monoisotopic (exact) mass is 420 g/mol. The fourth-order valence-electron chi connectivity index (χ4n) is 3.68. The van der Waals surface area contributed by atoms with Crippen molar-refractivity contribution in [2.75, 3.05) is 16.6 Å². The molecule has 0 bridgehead atoms. The van der Waals surface area contributed by atoms with Crippen molar-refractivity contribution < 1.29 is 21.6 Å². The van der Waals surface area contributed by atoms with Crippen LogP contribution in [0.4, 0.5) is 5.69 Å². The zero-order valence-electron chi connectivity index (χ0n) is 15.3. The number of nitrogens with zero attached hydrogens (tertiary/aromatic N) is 2. The van der Waals surface area contributed by atoms with E-state index >= 15 is 0 Å². The zero-order valence-corrected chi connectivity index (χ0v) is 17.0. The van der Waals surface area contributed by atoms with Crippen molar-refractivity contribution in [3.63, 3.8) is 0 Å². The first-order chi connectivity index (χ1) is 13.2. The second-order valence-corrected chi connectivity index (χ2v) is 10.9. The Morgan fingerprint density at radius 3 is 2.39 bits per heavy atom. The minimum absolute atomic E-state index is 0.0271. The summed E-state index contributed by atoms with van der Waals surface area (Å²) in [5.74, 6) is -0.802. The number of carbonyl (C=O) groups is 1. The molecule has 148 valence electrons. The van der Waals surface area contributed by atoms with Crippen molar-refractivity contribution in [2.24, 2.45) is 0 Å². The van der Waals surface area contributed by atoms with Gasteiger partial charge in [0.2, 0.25) is 26.0 Å². The summed E-state index contributed by atoms with van der Waals surface area (Å²) in [4.78, 5) is 12.1. The van der Waals surface area contributed by atoms with Gasteiger partial charge < -0.3 is 0 Å². The predicted octanol–water partition coefficient (Wildman–Crippen LogP) is 1.81. The van der Waals surface area contributed by atoms with Gasteiger partial charge in [-0.1, -0.05) is 30.3 Å². The predicted molar refractivity (Wildman–Crippen MR) is 105 cm³/mol. The van der Waals surface area contributed by atoms with E-state index in [1.807, 2.05) is 24.3 Å². The van der Waals surface area contributed by atoms with Crippen LogP contribution in [0.3, 0.4) is 0 Å². The van der Waals surface area contributed by atoms with E-state index in [-0.39, 0.29) is 29.3 Å². The summed E-state index contributed by atoms with van der Waals surface area (Å²) in [6.07, 6.45) is 0.522. The molecule has 0 unspecified atom stereocenters. The molecular formula is C19H20N2O5S2. The highest BCUT2D eigenvalue weighted by Gasteiger charge is 2.37. The minimum atomic E-state index is -3.84. The van der Waals surface area contributed by atoms with Gasteiger partial charge in [-0.05, 0) is 42.2 Å². The first-order valence-electron chi connectivity index (χ1n) is 8.93. The molecule has 2 aromatic rings. The van der Waals surface area contributed by atoms with Crippen LogP contribution < -0.4 is 4.31 Å². The Morgan fingerprint density at radius 2 is 1.71 bits per heavy atom. The number of rotatable bonds is 3. The molecule has 0 aromatic heterocycles. The Kier molecular flexibility index (Phi) is 4.56. The van der Waals surface area contributed by atoms with Gasteiger partial charge in [-0.2, -0.15) is 4.31 Å². The molecule has 0 N–H and O–H groups in total. The molecule has 28 heavy (non-hydrogen) atoms. The van der Waals surface area contributed by atoms with Crippen molar-refractivity contribution >= 4 is 31.6 Å². The van der Waals surface area contributed by atoms with Gasteiger partial charge in [0.25, 0.3) is 0 Å². The third-order valence-corrected chi connectivity index (χ3v) is 8.88. The van der Waals surface area contributed by atoms with Gasteiger partial charge in [-0.15, -0.1) is 0 Å². The lowest BCUT2D eigenvalue weighted by molar-refractivity contribution is -0.116. The van der Waals surface area contributed by atoms with Crippen LogP contribution in [0, 0.1) is 6.92 Å². The fraction of sp³-hybridized carbons (Fsp3) is 0.316. The lowest BCUT2D eigenvalue weighted by atomic mass is 10.0. The number of hydrogen-bond donors (Lipinski definition) is 0. The van der Waals surface area contributed by atoms with Crippen molar-refractivity contribution in [3.8, 4) is 0 Å². The number of benzene rings is 2. The molecule has 1 fully saturated rings. The van der Waals surface area contributed by atoms with Crippen molar-refractivity contribution in [1.29, 1.82) is 0 Å². The Bertz CT molecular complexity index is 1170. The van der Waals surface area contributed by atoms with Crippen LogP contribution in [0.2, 0.25) is 0 Å². The Morgan fingerprint density at radius 1 is 1.00 bits per heavy atom.